The highest BCUT2D eigenvalue weighted by molar-refractivity contribution is 5.90. The van der Waals surface area contributed by atoms with E-state index >= 15 is 0 Å². The monoisotopic (exact) mass is 278 g/mol. The summed E-state index contributed by atoms with van der Waals surface area (Å²) in [7, 11) is 0. The highest BCUT2D eigenvalue weighted by atomic mass is 19.1. The van der Waals surface area contributed by atoms with Crippen molar-refractivity contribution in [3.63, 3.8) is 0 Å². The van der Waals surface area contributed by atoms with Crippen molar-refractivity contribution >= 4 is 11.6 Å². The molecule has 1 fully saturated rings. The van der Waals surface area contributed by atoms with Crippen LogP contribution in [0.1, 0.15) is 31.7 Å². The van der Waals surface area contributed by atoms with Crippen molar-refractivity contribution in [2.45, 2.75) is 33.1 Å². The Balaban J connectivity index is 1.88. The highest BCUT2D eigenvalue weighted by Gasteiger charge is 2.22. The van der Waals surface area contributed by atoms with Gasteiger partial charge in [-0.1, -0.05) is 6.92 Å². The third-order valence-corrected chi connectivity index (χ3v) is 3.97. The molecule has 0 saturated carbocycles. The number of carbonyl (C=O) groups excluding carboxylic acids is 1. The molecule has 20 heavy (non-hydrogen) atoms. The average molecular weight is 278 g/mol. The van der Waals surface area contributed by atoms with E-state index in [4.69, 9.17) is 0 Å². The Kier molecular flexibility index (Phi) is 5.12. The number of aryl methyl sites for hydroxylation is 1. The summed E-state index contributed by atoms with van der Waals surface area (Å²) >= 11 is 0. The molecule has 3 nitrogen and oxygen atoms in total. The van der Waals surface area contributed by atoms with Gasteiger partial charge in [0.25, 0.3) is 0 Å². The first-order valence-electron chi connectivity index (χ1n) is 7.32. The van der Waals surface area contributed by atoms with Gasteiger partial charge in [-0.2, -0.15) is 0 Å². The van der Waals surface area contributed by atoms with Crippen LogP contribution >= 0.6 is 0 Å². The van der Waals surface area contributed by atoms with E-state index in [2.05, 4.69) is 17.6 Å². The normalized spacial score (nSPS) is 20.4. The van der Waals surface area contributed by atoms with Crippen molar-refractivity contribution < 1.29 is 9.18 Å². The van der Waals surface area contributed by atoms with E-state index in [1.54, 1.807) is 6.07 Å². The molecule has 2 N–H and O–H groups in total. The Hall–Kier alpha value is -1.42. The van der Waals surface area contributed by atoms with Gasteiger partial charge in [0, 0.05) is 12.1 Å². The number of nitrogens with one attached hydrogen (secondary N) is 2. The Labute approximate surface area is 120 Å². The molecule has 1 saturated heterocycles. The molecule has 0 spiro atoms. The summed E-state index contributed by atoms with van der Waals surface area (Å²) < 4.78 is 13.3. The van der Waals surface area contributed by atoms with E-state index in [9.17, 15) is 9.18 Å². The van der Waals surface area contributed by atoms with Gasteiger partial charge in [0.05, 0.1) is 0 Å². The second-order valence-electron chi connectivity index (χ2n) is 5.85. The Bertz CT molecular complexity index is 449. The number of carbonyl (C=O) groups is 1. The minimum Gasteiger partial charge on any atom is -0.326 e. The summed E-state index contributed by atoms with van der Waals surface area (Å²) in [5, 5.41) is 6.17. The molecule has 0 radical (unpaired) electrons. The highest BCUT2D eigenvalue weighted by Crippen LogP contribution is 2.23. The minimum atomic E-state index is -0.315. The molecule has 1 amide bonds. The van der Waals surface area contributed by atoms with Gasteiger partial charge in [0.1, 0.15) is 5.82 Å². The maximum atomic E-state index is 13.3. The Morgan fingerprint density at radius 3 is 2.95 bits per heavy atom. The molecule has 4 heteroatoms. The summed E-state index contributed by atoms with van der Waals surface area (Å²) in [4.78, 5) is 12.0. The number of rotatable bonds is 4. The Morgan fingerprint density at radius 2 is 2.30 bits per heavy atom. The molecule has 2 atom stereocenters. The Morgan fingerprint density at radius 1 is 1.50 bits per heavy atom. The fourth-order valence-corrected chi connectivity index (χ4v) is 2.84. The molecule has 1 aliphatic rings. The largest absolute Gasteiger partial charge is 0.326 e. The molecule has 2 unspecified atom stereocenters. The van der Waals surface area contributed by atoms with Crippen LogP contribution in [0.25, 0.3) is 0 Å². The third-order valence-electron chi connectivity index (χ3n) is 3.97. The maximum Gasteiger partial charge on any atom is 0.224 e. The quantitative estimate of drug-likeness (QED) is 0.888. The number of piperidine rings is 1. The van der Waals surface area contributed by atoms with Gasteiger partial charge in [-0.05, 0) is 68.5 Å². The van der Waals surface area contributed by atoms with Crippen molar-refractivity contribution in [2.75, 3.05) is 18.4 Å². The van der Waals surface area contributed by atoms with Crippen molar-refractivity contribution in [1.29, 1.82) is 0 Å². The van der Waals surface area contributed by atoms with Crippen LogP contribution in [0.4, 0.5) is 10.1 Å². The molecule has 110 valence electrons. The van der Waals surface area contributed by atoms with Gasteiger partial charge >= 0.3 is 0 Å². The first-order chi connectivity index (χ1) is 9.54. The second-order valence-corrected chi connectivity index (χ2v) is 5.85. The summed E-state index contributed by atoms with van der Waals surface area (Å²) in [6.45, 7) is 6.01. The maximum absolute atomic E-state index is 13.3. The minimum absolute atomic E-state index is 0.0342. The van der Waals surface area contributed by atoms with Crippen LogP contribution in [0.5, 0.6) is 0 Å². The van der Waals surface area contributed by atoms with E-state index in [0.29, 0.717) is 23.9 Å². The van der Waals surface area contributed by atoms with Crippen molar-refractivity contribution in [2.24, 2.45) is 11.8 Å². The molecular weight excluding hydrogens is 255 g/mol. The second kappa shape index (κ2) is 6.84. The zero-order valence-corrected chi connectivity index (χ0v) is 12.2. The van der Waals surface area contributed by atoms with Gasteiger partial charge in [-0.15, -0.1) is 0 Å². The lowest BCUT2D eigenvalue weighted by atomic mass is 9.85. The zero-order chi connectivity index (χ0) is 14.5. The fraction of sp³-hybridized carbons (Fsp3) is 0.562. The summed E-state index contributed by atoms with van der Waals surface area (Å²) in [5.74, 6) is 0.555. The lowest BCUT2D eigenvalue weighted by molar-refractivity contribution is -0.117. The fourth-order valence-electron chi connectivity index (χ4n) is 2.84. The predicted molar refractivity (Wildman–Crippen MR) is 79.1 cm³/mol. The van der Waals surface area contributed by atoms with Crippen LogP contribution in [0.3, 0.4) is 0 Å². The van der Waals surface area contributed by atoms with Crippen molar-refractivity contribution in [3.05, 3.63) is 29.6 Å². The molecule has 2 rings (SSSR count). The zero-order valence-electron chi connectivity index (χ0n) is 12.2. The van der Waals surface area contributed by atoms with Crippen molar-refractivity contribution in [1.82, 2.24) is 5.32 Å². The number of hydrogen-bond acceptors (Lipinski definition) is 2. The molecule has 0 aromatic heterocycles. The number of amides is 1. The van der Waals surface area contributed by atoms with Gasteiger partial charge in [-0.3, -0.25) is 4.79 Å². The first kappa shape index (κ1) is 15.0. The SMILES string of the molecule is Cc1cc(F)cc(NC(=O)CC(C)C2CCCNC2)c1. The van der Waals surface area contributed by atoms with E-state index in [0.717, 1.165) is 18.7 Å². The predicted octanol–water partition coefficient (Wildman–Crippen LogP) is 3.10. The standard InChI is InChI=1S/C16H23FN2O/c1-11-6-14(17)9-15(7-11)19-16(20)8-12(2)13-4-3-5-18-10-13/h6-7,9,12-13,18H,3-5,8,10H2,1-2H3,(H,19,20). The van der Waals surface area contributed by atoms with Crippen LogP contribution in [-0.2, 0) is 4.79 Å². The molecule has 0 bridgehead atoms. The van der Waals surface area contributed by atoms with E-state index in [1.165, 1.54) is 25.0 Å². The van der Waals surface area contributed by atoms with Crippen LogP contribution in [0.15, 0.2) is 18.2 Å². The molecule has 0 aliphatic carbocycles. The number of benzene rings is 1. The molecular formula is C16H23FN2O. The lowest BCUT2D eigenvalue weighted by Gasteiger charge is -2.28. The topological polar surface area (TPSA) is 41.1 Å². The lowest BCUT2D eigenvalue weighted by Crippen LogP contribution is -2.34. The summed E-state index contributed by atoms with van der Waals surface area (Å²) in [5.41, 5.74) is 1.35. The van der Waals surface area contributed by atoms with E-state index in [1.807, 2.05) is 6.92 Å². The third kappa shape index (κ3) is 4.30. The van der Waals surface area contributed by atoms with Gasteiger partial charge in [-0.25, -0.2) is 4.39 Å². The van der Waals surface area contributed by atoms with Crippen LogP contribution in [0, 0.1) is 24.6 Å². The van der Waals surface area contributed by atoms with Gasteiger partial charge < -0.3 is 10.6 Å². The summed E-state index contributed by atoms with van der Waals surface area (Å²) in [6, 6.07) is 4.59. The molecule has 1 aliphatic heterocycles. The molecule has 1 aromatic rings. The van der Waals surface area contributed by atoms with Gasteiger partial charge in [0.2, 0.25) is 5.91 Å². The van der Waals surface area contributed by atoms with Gasteiger partial charge in [0.15, 0.2) is 0 Å². The van der Waals surface area contributed by atoms with Crippen LogP contribution < -0.4 is 10.6 Å². The first-order valence-corrected chi connectivity index (χ1v) is 7.32. The van der Waals surface area contributed by atoms with Crippen LogP contribution in [-0.4, -0.2) is 19.0 Å². The molecule has 1 aromatic carbocycles. The summed E-state index contributed by atoms with van der Waals surface area (Å²) in [6.07, 6.45) is 2.85. The van der Waals surface area contributed by atoms with E-state index < -0.39 is 0 Å². The van der Waals surface area contributed by atoms with Crippen LogP contribution in [0.2, 0.25) is 0 Å². The van der Waals surface area contributed by atoms with Crippen molar-refractivity contribution in [3.8, 4) is 0 Å². The number of anilines is 1. The molecule has 1 heterocycles. The number of halogens is 1. The average Bonchev–Trinajstić information content (AvgIpc) is 2.38. The van der Waals surface area contributed by atoms with E-state index in [-0.39, 0.29) is 11.7 Å². The number of hydrogen-bond donors (Lipinski definition) is 2. The smallest absolute Gasteiger partial charge is 0.224 e.